The van der Waals surface area contributed by atoms with Crippen molar-refractivity contribution >= 4 is 17.5 Å². The molecule has 2 aromatic carbocycles. The molecule has 3 heterocycles. The Morgan fingerprint density at radius 2 is 1.72 bits per heavy atom. The van der Waals surface area contributed by atoms with E-state index in [1.54, 1.807) is 12.1 Å². The molecule has 8 nitrogen and oxygen atoms in total. The topological polar surface area (TPSA) is 74.4 Å². The van der Waals surface area contributed by atoms with Crippen LogP contribution >= 0.6 is 0 Å². The predicted molar refractivity (Wildman–Crippen MR) is 134 cm³/mol. The van der Waals surface area contributed by atoms with Gasteiger partial charge in [-0.25, -0.2) is 4.39 Å². The van der Waals surface area contributed by atoms with Crippen molar-refractivity contribution < 1.29 is 23.5 Å². The van der Waals surface area contributed by atoms with Gasteiger partial charge in [0.15, 0.2) is 11.5 Å². The summed E-state index contributed by atoms with van der Waals surface area (Å²) in [4.78, 5) is 31.6. The Morgan fingerprint density at radius 3 is 2.53 bits per heavy atom. The lowest BCUT2D eigenvalue weighted by Crippen LogP contribution is -2.52. The van der Waals surface area contributed by atoms with Crippen LogP contribution in [-0.2, 0) is 9.59 Å². The van der Waals surface area contributed by atoms with Gasteiger partial charge in [-0.2, -0.15) is 0 Å². The minimum atomic E-state index is -0.385. The first kappa shape index (κ1) is 24.5. The maximum absolute atomic E-state index is 13.3. The van der Waals surface area contributed by atoms with Gasteiger partial charge in [0.05, 0.1) is 26.3 Å². The molecular formula is C27H33FN4O4. The van der Waals surface area contributed by atoms with Gasteiger partial charge in [-0.05, 0) is 55.3 Å². The van der Waals surface area contributed by atoms with Crippen molar-refractivity contribution in [1.82, 2.24) is 14.7 Å². The van der Waals surface area contributed by atoms with Crippen LogP contribution in [0.5, 0.6) is 11.5 Å². The molecule has 2 aromatic rings. The van der Waals surface area contributed by atoms with Crippen molar-refractivity contribution in [3.63, 3.8) is 0 Å². The summed E-state index contributed by atoms with van der Waals surface area (Å²) in [5.41, 5.74) is 1.61. The lowest BCUT2D eigenvalue weighted by Gasteiger charge is -2.35. The number of carbonyl (C=O) groups excluding carboxylic acids is 2. The van der Waals surface area contributed by atoms with Gasteiger partial charge in [0.1, 0.15) is 5.82 Å². The summed E-state index contributed by atoms with van der Waals surface area (Å²) < 4.78 is 25.0. The maximum atomic E-state index is 13.3. The SMILES string of the molecule is O=C(CN1CCN(C(=O)CN2CCC[C@@H]2c2ccc3c(c2)OCCCO3)CC1)Nc1cccc(F)c1. The maximum Gasteiger partial charge on any atom is 0.238 e. The fourth-order valence-corrected chi connectivity index (χ4v) is 5.18. The zero-order chi connectivity index (χ0) is 24.9. The molecule has 2 fully saturated rings. The molecule has 3 aliphatic rings. The highest BCUT2D eigenvalue weighted by molar-refractivity contribution is 5.92. The molecule has 0 aliphatic carbocycles. The number of halogens is 1. The van der Waals surface area contributed by atoms with Crippen LogP contribution in [0, 0.1) is 5.82 Å². The molecule has 9 heteroatoms. The van der Waals surface area contributed by atoms with Gasteiger partial charge in [-0.3, -0.25) is 19.4 Å². The molecule has 5 rings (SSSR count). The number of amides is 2. The molecule has 0 radical (unpaired) electrons. The molecular weight excluding hydrogens is 463 g/mol. The summed E-state index contributed by atoms with van der Waals surface area (Å²) >= 11 is 0. The zero-order valence-electron chi connectivity index (χ0n) is 20.5. The Balaban J connectivity index is 1.11. The van der Waals surface area contributed by atoms with Gasteiger partial charge < -0.3 is 19.7 Å². The Morgan fingerprint density at radius 1 is 0.917 bits per heavy atom. The first-order valence-corrected chi connectivity index (χ1v) is 12.7. The van der Waals surface area contributed by atoms with Gasteiger partial charge in [-0.15, -0.1) is 0 Å². The van der Waals surface area contributed by atoms with Crippen molar-refractivity contribution in [2.45, 2.75) is 25.3 Å². The molecule has 1 atom stereocenters. The second-order valence-electron chi connectivity index (χ2n) is 9.60. The second kappa shape index (κ2) is 11.3. The van der Waals surface area contributed by atoms with Crippen molar-refractivity contribution in [2.24, 2.45) is 0 Å². The Bertz CT molecular complexity index is 1090. The monoisotopic (exact) mass is 496 g/mol. The lowest BCUT2D eigenvalue weighted by molar-refractivity contribution is -0.134. The van der Waals surface area contributed by atoms with Crippen LogP contribution in [0.25, 0.3) is 0 Å². The molecule has 192 valence electrons. The van der Waals surface area contributed by atoms with Crippen molar-refractivity contribution in [3.8, 4) is 11.5 Å². The second-order valence-corrected chi connectivity index (χ2v) is 9.60. The highest BCUT2D eigenvalue weighted by Crippen LogP contribution is 2.37. The minimum absolute atomic E-state index is 0.125. The fraction of sp³-hybridized carbons (Fsp3) is 0.481. The van der Waals surface area contributed by atoms with E-state index in [9.17, 15) is 14.0 Å². The third-order valence-corrected chi connectivity index (χ3v) is 7.06. The number of rotatable bonds is 6. The normalized spacial score (nSPS) is 20.7. The molecule has 2 amide bonds. The summed E-state index contributed by atoms with van der Waals surface area (Å²) in [6, 6.07) is 12.2. The van der Waals surface area contributed by atoms with E-state index in [-0.39, 0.29) is 30.2 Å². The number of carbonyl (C=O) groups is 2. The van der Waals surface area contributed by atoms with Gasteiger partial charge in [0.2, 0.25) is 11.8 Å². The average molecular weight is 497 g/mol. The molecule has 0 saturated carbocycles. The molecule has 0 bridgehead atoms. The average Bonchev–Trinajstić information content (AvgIpc) is 3.19. The van der Waals surface area contributed by atoms with E-state index in [2.05, 4.69) is 22.3 Å². The first-order valence-electron chi connectivity index (χ1n) is 12.7. The van der Waals surface area contributed by atoms with Crippen LogP contribution in [0.4, 0.5) is 10.1 Å². The largest absolute Gasteiger partial charge is 0.490 e. The molecule has 0 aromatic heterocycles. The molecule has 0 spiro atoms. The smallest absolute Gasteiger partial charge is 0.238 e. The van der Waals surface area contributed by atoms with E-state index in [1.807, 2.05) is 15.9 Å². The van der Waals surface area contributed by atoms with E-state index in [4.69, 9.17) is 9.47 Å². The van der Waals surface area contributed by atoms with Gasteiger partial charge in [-0.1, -0.05) is 12.1 Å². The molecule has 1 N–H and O–H groups in total. The highest BCUT2D eigenvalue weighted by atomic mass is 19.1. The lowest BCUT2D eigenvalue weighted by atomic mass is 10.0. The number of nitrogens with zero attached hydrogens (tertiary/aromatic N) is 3. The third-order valence-electron chi connectivity index (χ3n) is 7.06. The summed E-state index contributed by atoms with van der Waals surface area (Å²) in [5, 5.41) is 2.73. The number of nitrogens with one attached hydrogen (secondary N) is 1. The van der Waals surface area contributed by atoms with Crippen LogP contribution in [0.3, 0.4) is 0 Å². The summed E-state index contributed by atoms with van der Waals surface area (Å²) in [6.45, 7) is 5.27. The van der Waals surface area contributed by atoms with E-state index in [0.29, 0.717) is 51.6 Å². The van der Waals surface area contributed by atoms with Gasteiger partial charge in [0, 0.05) is 44.3 Å². The summed E-state index contributed by atoms with van der Waals surface area (Å²) in [7, 11) is 0. The molecule has 2 saturated heterocycles. The number of benzene rings is 2. The summed E-state index contributed by atoms with van der Waals surface area (Å²) in [6.07, 6.45) is 2.95. The fourth-order valence-electron chi connectivity index (χ4n) is 5.18. The predicted octanol–water partition coefficient (Wildman–Crippen LogP) is 2.91. The standard InChI is InChI=1S/C27H33FN4O4/c28-21-4-1-5-22(17-21)29-26(33)18-30-10-12-31(13-11-30)27(34)19-32-9-2-6-23(32)20-7-8-24-25(16-20)36-15-3-14-35-24/h1,4-5,7-8,16-17,23H,2-3,6,9-15,18-19H2,(H,29,33)/t23-/m1/s1. The number of anilines is 1. The molecule has 3 aliphatic heterocycles. The van der Waals surface area contributed by atoms with E-state index in [0.717, 1.165) is 37.3 Å². The Labute approximate surface area is 210 Å². The zero-order valence-corrected chi connectivity index (χ0v) is 20.5. The Kier molecular flexibility index (Phi) is 7.67. The van der Waals surface area contributed by atoms with Gasteiger partial charge in [0.25, 0.3) is 0 Å². The quantitative estimate of drug-likeness (QED) is 0.663. The van der Waals surface area contributed by atoms with Crippen LogP contribution in [-0.4, -0.2) is 85.5 Å². The number of fused-ring (bicyclic) bond motifs is 1. The number of likely N-dealkylation sites (tertiary alicyclic amines) is 1. The highest BCUT2D eigenvalue weighted by Gasteiger charge is 2.31. The van der Waals surface area contributed by atoms with Crippen molar-refractivity contribution in [2.75, 3.05) is 64.3 Å². The minimum Gasteiger partial charge on any atom is -0.490 e. The third kappa shape index (κ3) is 5.96. The van der Waals surface area contributed by atoms with E-state index in [1.165, 1.54) is 17.7 Å². The van der Waals surface area contributed by atoms with E-state index >= 15 is 0 Å². The molecule has 0 unspecified atom stereocenters. The Hall–Kier alpha value is -3.17. The number of hydrogen-bond donors (Lipinski definition) is 1. The van der Waals surface area contributed by atoms with Crippen molar-refractivity contribution in [1.29, 1.82) is 0 Å². The van der Waals surface area contributed by atoms with E-state index < -0.39 is 0 Å². The first-order chi connectivity index (χ1) is 17.5. The van der Waals surface area contributed by atoms with Crippen LogP contribution in [0.1, 0.15) is 30.9 Å². The van der Waals surface area contributed by atoms with Crippen molar-refractivity contribution in [3.05, 3.63) is 53.8 Å². The number of ether oxygens (including phenoxy) is 2. The van der Waals surface area contributed by atoms with Crippen LogP contribution in [0.15, 0.2) is 42.5 Å². The molecule has 36 heavy (non-hydrogen) atoms. The van der Waals surface area contributed by atoms with Crippen LogP contribution < -0.4 is 14.8 Å². The van der Waals surface area contributed by atoms with Gasteiger partial charge >= 0.3 is 0 Å². The van der Waals surface area contributed by atoms with Crippen LogP contribution in [0.2, 0.25) is 0 Å². The number of piperazine rings is 1. The number of hydrogen-bond acceptors (Lipinski definition) is 6. The summed E-state index contributed by atoms with van der Waals surface area (Å²) in [5.74, 6) is 1.14.